The van der Waals surface area contributed by atoms with Gasteiger partial charge in [0.1, 0.15) is 6.07 Å². The van der Waals surface area contributed by atoms with Gasteiger partial charge in [0.25, 0.3) is 0 Å². The van der Waals surface area contributed by atoms with Crippen molar-refractivity contribution in [2.24, 2.45) is 0 Å². The van der Waals surface area contributed by atoms with Crippen LogP contribution >= 0.6 is 38.9 Å². The van der Waals surface area contributed by atoms with Gasteiger partial charge in [-0.15, -0.1) is 11.3 Å². The average molecular weight is 273 g/mol. The zero-order valence-corrected chi connectivity index (χ0v) is 9.50. The van der Waals surface area contributed by atoms with Crippen LogP contribution in [0, 0.1) is 11.3 Å². The van der Waals surface area contributed by atoms with Gasteiger partial charge in [-0.25, -0.2) is 0 Å². The van der Waals surface area contributed by atoms with Crippen LogP contribution in [0.15, 0.2) is 22.7 Å². The zero-order chi connectivity index (χ0) is 9.42. The predicted molar refractivity (Wildman–Crippen MR) is 59.3 cm³/mol. The summed E-state index contributed by atoms with van der Waals surface area (Å²) < 4.78 is 2.66. The van der Waals surface area contributed by atoms with Gasteiger partial charge >= 0.3 is 0 Å². The van der Waals surface area contributed by atoms with Gasteiger partial charge in [-0.2, -0.15) is 5.26 Å². The maximum atomic E-state index is 8.78. The molecule has 1 nitrogen and oxygen atoms in total. The molecule has 0 spiro atoms. The quantitative estimate of drug-likeness (QED) is 0.705. The molecular weight excluding hydrogens is 270 g/mol. The number of halogens is 2. The minimum absolute atomic E-state index is 0.641. The molecule has 4 heteroatoms. The molecule has 0 saturated carbocycles. The van der Waals surface area contributed by atoms with E-state index in [9.17, 15) is 0 Å². The van der Waals surface area contributed by atoms with Crippen LogP contribution in [0.5, 0.6) is 0 Å². The number of fused-ring (bicyclic) bond motifs is 1. The van der Waals surface area contributed by atoms with Crippen LogP contribution in [0.25, 0.3) is 10.1 Å². The Morgan fingerprint density at radius 3 is 2.85 bits per heavy atom. The number of hydrogen-bond acceptors (Lipinski definition) is 2. The van der Waals surface area contributed by atoms with Gasteiger partial charge in [0.15, 0.2) is 0 Å². The van der Waals surface area contributed by atoms with Gasteiger partial charge in [-0.05, 0) is 39.5 Å². The van der Waals surface area contributed by atoms with Crippen LogP contribution < -0.4 is 0 Å². The van der Waals surface area contributed by atoms with Crippen molar-refractivity contribution in [3.8, 4) is 6.07 Å². The van der Waals surface area contributed by atoms with E-state index < -0.39 is 0 Å². The lowest BCUT2D eigenvalue weighted by Crippen LogP contribution is -1.75. The number of nitriles is 1. The number of thiophene rings is 1. The lowest BCUT2D eigenvalue weighted by molar-refractivity contribution is 1.48. The third-order valence-corrected chi connectivity index (χ3v) is 3.58. The van der Waals surface area contributed by atoms with Crippen molar-refractivity contribution < 1.29 is 0 Å². The van der Waals surface area contributed by atoms with Crippen molar-refractivity contribution >= 4 is 49.0 Å². The lowest BCUT2D eigenvalue weighted by atomic mass is 10.2. The molecule has 0 atom stereocenters. The Hall–Kier alpha value is -0.560. The van der Waals surface area contributed by atoms with Crippen LogP contribution in [-0.4, -0.2) is 0 Å². The first-order valence-electron chi connectivity index (χ1n) is 3.49. The standard InChI is InChI=1S/C9H3BrClNS/c10-7-3-8-5(1-6(7)4-12)2-9(11)13-8/h1-3H. The second kappa shape index (κ2) is 3.30. The Bertz CT molecular complexity index is 512. The molecule has 0 unspecified atom stereocenters. The van der Waals surface area contributed by atoms with E-state index in [1.54, 1.807) is 0 Å². The van der Waals surface area contributed by atoms with Gasteiger partial charge in [0.2, 0.25) is 0 Å². The van der Waals surface area contributed by atoms with Crippen LogP contribution in [0.3, 0.4) is 0 Å². The van der Waals surface area contributed by atoms with Crippen LogP contribution in [0.1, 0.15) is 5.56 Å². The molecule has 0 N–H and O–H groups in total. The molecule has 0 bridgehead atoms. The van der Waals surface area contributed by atoms with E-state index in [0.29, 0.717) is 5.56 Å². The van der Waals surface area contributed by atoms with Crippen LogP contribution in [0.2, 0.25) is 4.34 Å². The molecule has 0 radical (unpaired) electrons. The smallest absolute Gasteiger partial charge is 0.100 e. The van der Waals surface area contributed by atoms with Gasteiger partial charge < -0.3 is 0 Å². The highest BCUT2D eigenvalue weighted by atomic mass is 79.9. The fourth-order valence-corrected chi connectivity index (χ4v) is 2.87. The maximum absolute atomic E-state index is 8.78. The Kier molecular flexibility index (Phi) is 2.29. The molecule has 0 amide bonds. The second-order valence-electron chi connectivity index (χ2n) is 2.53. The number of nitrogens with zero attached hydrogens (tertiary/aromatic N) is 1. The molecule has 0 saturated heterocycles. The van der Waals surface area contributed by atoms with Gasteiger partial charge in [0.05, 0.1) is 9.90 Å². The fourth-order valence-electron chi connectivity index (χ4n) is 1.12. The number of hydrogen-bond donors (Lipinski definition) is 0. The predicted octanol–water partition coefficient (Wildman–Crippen LogP) is 4.19. The largest absolute Gasteiger partial charge is 0.192 e. The van der Waals surface area contributed by atoms with Crippen molar-refractivity contribution in [3.05, 3.63) is 32.6 Å². The number of benzene rings is 1. The Morgan fingerprint density at radius 1 is 1.38 bits per heavy atom. The fraction of sp³-hybridized carbons (Fsp3) is 0. The lowest BCUT2D eigenvalue weighted by Gasteiger charge is -1.94. The first-order valence-corrected chi connectivity index (χ1v) is 5.48. The van der Waals surface area contributed by atoms with E-state index in [0.717, 1.165) is 18.9 Å². The molecule has 0 aliphatic rings. The van der Waals surface area contributed by atoms with Crippen LogP contribution in [0.4, 0.5) is 0 Å². The normalized spacial score (nSPS) is 10.2. The van der Waals surface area contributed by atoms with Gasteiger partial charge in [-0.3, -0.25) is 0 Å². The Balaban J connectivity index is 2.82. The summed E-state index contributed by atoms with van der Waals surface area (Å²) in [5.41, 5.74) is 0.641. The van der Waals surface area contributed by atoms with E-state index in [1.807, 2.05) is 18.2 Å². The molecular formula is C9H3BrClNS. The molecule has 2 rings (SSSR count). The van der Waals surface area contributed by atoms with Gasteiger partial charge in [0, 0.05) is 9.17 Å². The Labute approximate surface area is 92.7 Å². The van der Waals surface area contributed by atoms with E-state index in [-0.39, 0.29) is 0 Å². The molecule has 0 aliphatic carbocycles. The molecule has 0 aliphatic heterocycles. The summed E-state index contributed by atoms with van der Waals surface area (Å²) in [6.45, 7) is 0. The second-order valence-corrected chi connectivity index (χ2v) is 5.10. The van der Waals surface area contributed by atoms with Crippen molar-refractivity contribution in [1.82, 2.24) is 0 Å². The van der Waals surface area contributed by atoms with Crippen molar-refractivity contribution in [1.29, 1.82) is 5.26 Å². The average Bonchev–Trinajstić information content (AvgIpc) is 2.42. The minimum Gasteiger partial charge on any atom is -0.192 e. The highest BCUT2D eigenvalue weighted by molar-refractivity contribution is 9.10. The van der Waals surface area contributed by atoms with Gasteiger partial charge in [-0.1, -0.05) is 11.6 Å². The zero-order valence-electron chi connectivity index (χ0n) is 6.34. The summed E-state index contributed by atoms with van der Waals surface area (Å²) in [5.74, 6) is 0. The topological polar surface area (TPSA) is 23.8 Å². The highest BCUT2D eigenvalue weighted by Crippen LogP contribution is 2.33. The van der Waals surface area contributed by atoms with Crippen molar-refractivity contribution in [2.75, 3.05) is 0 Å². The van der Waals surface area contributed by atoms with Crippen molar-refractivity contribution in [3.63, 3.8) is 0 Å². The minimum atomic E-state index is 0.641. The molecule has 13 heavy (non-hydrogen) atoms. The maximum Gasteiger partial charge on any atom is 0.100 e. The number of rotatable bonds is 0. The molecule has 1 heterocycles. The third-order valence-electron chi connectivity index (χ3n) is 1.70. The summed E-state index contributed by atoms with van der Waals surface area (Å²) in [4.78, 5) is 0. The van der Waals surface area contributed by atoms with Crippen molar-refractivity contribution in [2.45, 2.75) is 0 Å². The van der Waals surface area contributed by atoms with Crippen LogP contribution in [-0.2, 0) is 0 Å². The van der Waals surface area contributed by atoms with E-state index in [1.165, 1.54) is 11.3 Å². The summed E-state index contributed by atoms with van der Waals surface area (Å²) >= 11 is 10.7. The molecule has 1 aromatic heterocycles. The first-order chi connectivity index (χ1) is 6.20. The molecule has 2 aromatic rings. The molecule has 1 aromatic carbocycles. The summed E-state index contributed by atoms with van der Waals surface area (Å²) in [7, 11) is 0. The first kappa shape index (κ1) is 9.01. The molecule has 64 valence electrons. The summed E-state index contributed by atoms with van der Waals surface area (Å²) in [6, 6.07) is 7.74. The summed E-state index contributed by atoms with van der Waals surface area (Å²) in [5, 5.41) is 9.80. The van der Waals surface area contributed by atoms with E-state index in [4.69, 9.17) is 16.9 Å². The van der Waals surface area contributed by atoms with E-state index >= 15 is 0 Å². The third kappa shape index (κ3) is 1.58. The van der Waals surface area contributed by atoms with E-state index in [2.05, 4.69) is 22.0 Å². The Morgan fingerprint density at radius 2 is 2.15 bits per heavy atom. The molecule has 0 fully saturated rings. The monoisotopic (exact) mass is 271 g/mol. The highest BCUT2D eigenvalue weighted by Gasteiger charge is 2.04. The summed E-state index contributed by atoms with van der Waals surface area (Å²) in [6.07, 6.45) is 0. The SMILES string of the molecule is N#Cc1cc2cc(Cl)sc2cc1Br.